The van der Waals surface area contributed by atoms with E-state index in [4.69, 9.17) is 23.2 Å². The van der Waals surface area contributed by atoms with E-state index in [1.807, 2.05) is 12.4 Å². The standard InChI is InChI=1S/C20H19Cl2N7/c21-14-6-15(22)8-16(7-14)26-20-18-5-12(9-24-19(18)27-28-20)13-10-25-29(11-13)17-1-3-23-4-2-17/h5-11,17,23H,1-4H2,(H2,24,26,27,28). The number of H-pyrrole nitrogens is 1. The SMILES string of the molecule is Clc1cc(Cl)cc(Nc2n[nH]c3ncc(-c4cnn(C5CCNCC5)c4)cc23)c1. The normalized spacial score (nSPS) is 15.1. The highest BCUT2D eigenvalue weighted by Gasteiger charge is 2.17. The monoisotopic (exact) mass is 427 g/mol. The molecule has 0 bridgehead atoms. The van der Waals surface area contributed by atoms with Gasteiger partial charge >= 0.3 is 0 Å². The van der Waals surface area contributed by atoms with E-state index in [-0.39, 0.29) is 0 Å². The van der Waals surface area contributed by atoms with Gasteiger partial charge in [0.05, 0.1) is 17.6 Å². The van der Waals surface area contributed by atoms with E-state index in [2.05, 4.69) is 47.9 Å². The molecule has 1 fully saturated rings. The van der Waals surface area contributed by atoms with Gasteiger partial charge in [0.15, 0.2) is 11.5 Å². The molecule has 0 unspecified atom stereocenters. The summed E-state index contributed by atoms with van der Waals surface area (Å²) < 4.78 is 2.07. The van der Waals surface area contributed by atoms with Gasteiger partial charge in [-0.3, -0.25) is 9.78 Å². The first kappa shape index (κ1) is 18.4. The first-order chi connectivity index (χ1) is 14.2. The number of halogens is 2. The number of rotatable bonds is 4. The molecule has 3 aromatic heterocycles. The van der Waals surface area contributed by atoms with Crippen molar-refractivity contribution in [3.63, 3.8) is 0 Å². The summed E-state index contributed by atoms with van der Waals surface area (Å²) in [4.78, 5) is 4.52. The van der Waals surface area contributed by atoms with Crippen LogP contribution in [-0.2, 0) is 0 Å². The number of aromatic amines is 1. The number of piperidine rings is 1. The largest absolute Gasteiger partial charge is 0.338 e. The quantitative estimate of drug-likeness (QED) is 0.435. The minimum atomic E-state index is 0.445. The maximum Gasteiger partial charge on any atom is 0.161 e. The molecule has 1 aromatic carbocycles. The molecular weight excluding hydrogens is 409 g/mol. The number of hydrogen-bond acceptors (Lipinski definition) is 5. The third-order valence-corrected chi connectivity index (χ3v) is 5.60. The molecule has 0 spiro atoms. The Kier molecular flexibility index (Phi) is 4.87. The van der Waals surface area contributed by atoms with Crippen molar-refractivity contribution in [1.82, 2.24) is 30.3 Å². The van der Waals surface area contributed by atoms with Gasteiger partial charge in [0.1, 0.15) is 0 Å². The molecule has 4 heterocycles. The summed E-state index contributed by atoms with van der Waals surface area (Å²) in [6.07, 6.45) is 8.02. The van der Waals surface area contributed by atoms with Gasteiger partial charge in [0.25, 0.3) is 0 Å². The molecule has 7 nitrogen and oxygen atoms in total. The molecule has 0 saturated carbocycles. The van der Waals surface area contributed by atoms with Crippen molar-refractivity contribution < 1.29 is 0 Å². The molecule has 1 aliphatic heterocycles. The minimum absolute atomic E-state index is 0.445. The lowest BCUT2D eigenvalue weighted by molar-refractivity contribution is 0.343. The van der Waals surface area contributed by atoms with E-state index in [1.54, 1.807) is 18.2 Å². The van der Waals surface area contributed by atoms with E-state index >= 15 is 0 Å². The average Bonchev–Trinajstić information content (AvgIpc) is 3.35. The molecule has 0 aliphatic carbocycles. The molecule has 1 saturated heterocycles. The molecule has 4 aromatic rings. The first-order valence-corrected chi connectivity index (χ1v) is 10.2. The van der Waals surface area contributed by atoms with Crippen LogP contribution in [0.15, 0.2) is 42.9 Å². The first-order valence-electron chi connectivity index (χ1n) is 9.48. The number of anilines is 2. The number of fused-ring (bicyclic) bond motifs is 1. The van der Waals surface area contributed by atoms with Crippen LogP contribution in [0.5, 0.6) is 0 Å². The summed E-state index contributed by atoms with van der Waals surface area (Å²) in [5.41, 5.74) is 3.50. The Hall–Kier alpha value is -2.61. The van der Waals surface area contributed by atoms with Crippen molar-refractivity contribution in [2.45, 2.75) is 18.9 Å². The Morgan fingerprint density at radius 3 is 2.59 bits per heavy atom. The molecule has 0 radical (unpaired) electrons. The minimum Gasteiger partial charge on any atom is -0.338 e. The van der Waals surface area contributed by atoms with Gasteiger partial charge in [-0.05, 0) is 50.2 Å². The molecule has 5 rings (SSSR count). The summed E-state index contributed by atoms with van der Waals surface area (Å²) in [6.45, 7) is 2.07. The molecule has 1 aliphatic rings. The molecule has 29 heavy (non-hydrogen) atoms. The summed E-state index contributed by atoms with van der Waals surface area (Å²) in [5.74, 6) is 0.665. The van der Waals surface area contributed by atoms with Gasteiger partial charge in [0.2, 0.25) is 0 Å². The number of benzene rings is 1. The van der Waals surface area contributed by atoms with Crippen LogP contribution in [0, 0.1) is 0 Å². The summed E-state index contributed by atoms with van der Waals surface area (Å²) >= 11 is 12.2. The van der Waals surface area contributed by atoms with Crippen LogP contribution < -0.4 is 10.6 Å². The molecule has 3 N–H and O–H groups in total. The second-order valence-electron chi connectivity index (χ2n) is 7.17. The second-order valence-corrected chi connectivity index (χ2v) is 8.04. The zero-order valence-corrected chi connectivity index (χ0v) is 17.0. The summed E-state index contributed by atoms with van der Waals surface area (Å²) in [7, 11) is 0. The predicted molar refractivity (Wildman–Crippen MR) is 116 cm³/mol. The highest BCUT2D eigenvalue weighted by atomic mass is 35.5. The third kappa shape index (κ3) is 3.81. The van der Waals surface area contributed by atoms with Crippen LogP contribution >= 0.6 is 23.2 Å². The van der Waals surface area contributed by atoms with Gasteiger partial charge in [0, 0.05) is 39.3 Å². The van der Waals surface area contributed by atoms with Crippen LogP contribution in [0.3, 0.4) is 0 Å². The predicted octanol–water partition coefficient (Wildman–Crippen LogP) is 4.80. The highest BCUT2D eigenvalue weighted by molar-refractivity contribution is 6.35. The maximum atomic E-state index is 6.10. The van der Waals surface area contributed by atoms with Gasteiger partial charge in [-0.1, -0.05) is 23.2 Å². The third-order valence-electron chi connectivity index (χ3n) is 5.16. The molecule has 148 valence electrons. The summed E-state index contributed by atoms with van der Waals surface area (Å²) in [5, 5.41) is 20.5. The number of pyridine rings is 1. The van der Waals surface area contributed by atoms with Crippen molar-refractivity contribution >= 4 is 45.7 Å². The summed E-state index contributed by atoms with van der Waals surface area (Å²) in [6, 6.07) is 7.80. The van der Waals surface area contributed by atoms with Crippen molar-refractivity contribution in [2.24, 2.45) is 0 Å². The van der Waals surface area contributed by atoms with Crippen LogP contribution in [0.2, 0.25) is 10.0 Å². The zero-order chi connectivity index (χ0) is 19.8. The fourth-order valence-corrected chi connectivity index (χ4v) is 4.20. The second kappa shape index (κ2) is 7.67. The maximum absolute atomic E-state index is 6.10. The van der Waals surface area contributed by atoms with Crippen molar-refractivity contribution in [3.05, 3.63) is 52.9 Å². The Morgan fingerprint density at radius 1 is 1.00 bits per heavy atom. The van der Waals surface area contributed by atoms with E-state index in [9.17, 15) is 0 Å². The van der Waals surface area contributed by atoms with Gasteiger partial charge in [-0.25, -0.2) is 4.98 Å². The van der Waals surface area contributed by atoms with E-state index in [0.29, 0.717) is 27.6 Å². The molecular formula is C20H19Cl2N7. The van der Waals surface area contributed by atoms with Crippen LogP contribution in [-0.4, -0.2) is 38.1 Å². The van der Waals surface area contributed by atoms with E-state index < -0.39 is 0 Å². The average molecular weight is 428 g/mol. The number of aromatic nitrogens is 5. The van der Waals surface area contributed by atoms with E-state index in [1.165, 1.54) is 0 Å². The fourth-order valence-electron chi connectivity index (χ4n) is 3.68. The van der Waals surface area contributed by atoms with Gasteiger partial charge < -0.3 is 10.6 Å². The van der Waals surface area contributed by atoms with Crippen LogP contribution in [0.1, 0.15) is 18.9 Å². The molecule has 9 heteroatoms. The van der Waals surface area contributed by atoms with E-state index in [0.717, 1.165) is 48.1 Å². The number of hydrogen-bond donors (Lipinski definition) is 3. The van der Waals surface area contributed by atoms with Crippen molar-refractivity contribution in [2.75, 3.05) is 18.4 Å². The number of nitrogens with one attached hydrogen (secondary N) is 3. The Morgan fingerprint density at radius 2 is 1.79 bits per heavy atom. The van der Waals surface area contributed by atoms with Gasteiger partial charge in [-0.15, -0.1) is 0 Å². The lowest BCUT2D eigenvalue weighted by Gasteiger charge is -2.22. The lowest BCUT2D eigenvalue weighted by Crippen LogP contribution is -2.29. The topological polar surface area (TPSA) is 83.5 Å². The molecule has 0 amide bonds. The van der Waals surface area contributed by atoms with Gasteiger partial charge in [-0.2, -0.15) is 10.2 Å². The highest BCUT2D eigenvalue weighted by Crippen LogP contribution is 2.30. The van der Waals surface area contributed by atoms with Crippen molar-refractivity contribution in [3.8, 4) is 11.1 Å². The Bertz CT molecular complexity index is 1140. The van der Waals surface area contributed by atoms with Crippen molar-refractivity contribution in [1.29, 1.82) is 0 Å². The van der Waals surface area contributed by atoms with Crippen LogP contribution in [0.25, 0.3) is 22.2 Å². The zero-order valence-electron chi connectivity index (χ0n) is 15.5. The Balaban J connectivity index is 1.45. The smallest absolute Gasteiger partial charge is 0.161 e. The Labute approximate surface area is 177 Å². The molecule has 0 atom stereocenters. The fraction of sp³-hybridized carbons (Fsp3) is 0.250. The van der Waals surface area contributed by atoms with Crippen LogP contribution in [0.4, 0.5) is 11.5 Å². The number of nitrogens with zero attached hydrogens (tertiary/aromatic N) is 4. The lowest BCUT2D eigenvalue weighted by atomic mass is 10.1.